The molecule has 0 aliphatic rings. The Hall–Kier alpha value is -5.26. The van der Waals surface area contributed by atoms with Crippen LogP contribution in [0, 0.1) is 20.2 Å². The molecule has 3 rings (SSSR count). The van der Waals surface area contributed by atoms with Gasteiger partial charge in [0.05, 0.1) is 16.1 Å². The van der Waals surface area contributed by atoms with Crippen LogP contribution in [0.25, 0.3) is 0 Å². The Bertz CT molecular complexity index is 1270. The molecule has 2 amide bonds. The highest BCUT2D eigenvalue weighted by atomic mass is 16.6. The molecule has 0 fully saturated rings. The van der Waals surface area contributed by atoms with Crippen LogP contribution in [0.3, 0.4) is 0 Å². The van der Waals surface area contributed by atoms with Gasteiger partial charge in [-0.05, 0) is 24.3 Å². The maximum Gasteiger partial charge on any atom is 0.271 e. The average Bonchev–Trinajstić information content (AvgIpc) is 2.86. The second-order valence-electron chi connectivity index (χ2n) is 6.61. The van der Waals surface area contributed by atoms with Gasteiger partial charge in [0.1, 0.15) is 5.71 Å². The van der Waals surface area contributed by atoms with E-state index < -0.39 is 21.7 Å². The topological polar surface area (TPSA) is 169 Å². The molecule has 0 bridgehead atoms. The van der Waals surface area contributed by atoms with E-state index in [9.17, 15) is 29.8 Å². The molecule has 0 aromatic heterocycles. The third-order valence-electron chi connectivity index (χ3n) is 4.38. The van der Waals surface area contributed by atoms with Crippen molar-refractivity contribution in [1.29, 1.82) is 0 Å². The summed E-state index contributed by atoms with van der Waals surface area (Å²) in [5, 5.41) is 29.3. The van der Waals surface area contributed by atoms with Gasteiger partial charge < -0.3 is 0 Å². The zero-order chi connectivity index (χ0) is 24.5. The van der Waals surface area contributed by atoms with Crippen molar-refractivity contribution in [3.8, 4) is 0 Å². The van der Waals surface area contributed by atoms with Crippen LogP contribution in [0.5, 0.6) is 0 Å². The van der Waals surface area contributed by atoms with Crippen molar-refractivity contribution >= 4 is 35.1 Å². The number of nitrogens with one attached hydrogen (secondary N) is 2. The number of hydrogen-bond acceptors (Lipinski definition) is 8. The van der Waals surface area contributed by atoms with E-state index in [4.69, 9.17) is 0 Å². The van der Waals surface area contributed by atoms with E-state index in [-0.39, 0.29) is 28.2 Å². The van der Waals surface area contributed by atoms with Crippen molar-refractivity contribution in [3.05, 3.63) is 116 Å². The summed E-state index contributed by atoms with van der Waals surface area (Å²) < 4.78 is 0. The number of non-ortho nitro benzene ring substituents is 2. The zero-order valence-corrected chi connectivity index (χ0v) is 17.3. The number of carbonyl (C=O) groups is 2. The fraction of sp³-hybridized carbons (Fsp3) is 0. The number of hydrazone groups is 2. The minimum atomic E-state index is -0.605. The molecule has 170 valence electrons. The Kier molecular flexibility index (Phi) is 7.47. The number of rotatable bonds is 8. The average molecular weight is 460 g/mol. The summed E-state index contributed by atoms with van der Waals surface area (Å²) in [6.45, 7) is 0. The first kappa shape index (κ1) is 23.4. The van der Waals surface area contributed by atoms with Crippen molar-refractivity contribution in [1.82, 2.24) is 10.9 Å². The van der Waals surface area contributed by atoms with Crippen molar-refractivity contribution < 1.29 is 19.4 Å². The number of amides is 2. The SMILES string of the molecule is O=C(N/N=C(\C=N\NC(=O)c1ccc([N+](=O)[O-])cc1)c1ccccc1)c1ccc([N+](=O)[O-])cc1. The van der Waals surface area contributed by atoms with Gasteiger partial charge in [-0.1, -0.05) is 30.3 Å². The molecule has 12 heteroatoms. The highest BCUT2D eigenvalue weighted by Gasteiger charge is 2.11. The molecule has 0 aliphatic carbocycles. The van der Waals surface area contributed by atoms with E-state index in [2.05, 4.69) is 21.1 Å². The van der Waals surface area contributed by atoms with Gasteiger partial charge in [0.2, 0.25) is 0 Å². The number of benzene rings is 3. The summed E-state index contributed by atoms with van der Waals surface area (Å²) >= 11 is 0. The summed E-state index contributed by atoms with van der Waals surface area (Å²) in [6.07, 6.45) is 1.22. The molecule has 3 aromatic rings. The van der Waals surface area contributed by atoms with Crippen molar-refractivity contribution in [2.75, 3.05) is 0 Å². The summed E-state index contributed by atoms with van der Waals surface area (Å²) in [5.74, 6) is -1.21. The Morgan fingerprint density at radius 1 is 0.676 bits per heavy atom. The second kappa shape index (κ2) is 10.9. The first-order valence-corrected chi connectivity index (χ1v) is 9.61. The first-order valence-electron chi connectivity index (χ1n) is 9.61. The fourth-order valence-electron chi connectivity index (χ4n) is 2.64. The van der Waals surface area contributed by atoms with Gasteiger partial charge in [-0.25, -0.2) is 10.9 Å². The van der Waals surface area contributed by atoms with E-state index in [1.54, 1.807) is 30.3 Å². The summed E-state index contributed by atoms with van der Waals surface area (Å²) in [4.78, 5) is 44.9. The second-order valence-corrected chi connectivity index (χ2v) is 6.61. The predicted molar refractivity (Wildman–Crippen MR) is 123 cm³/mol. The van der Waals surface area contributed by atoms with Crippen LogP contribution in [-0.2, 0) is 0 Å². The third kappa shape index (κ3) is 6.13. The summed E-state index contributed by atoms with van der Waals surface area (Å²) in [5.41, 5.74) is 5.44. The monoisotopic (exact) mass is 460 g/mol. The molecular weight excluding hydrogens is 444 g/mol. The van der Waals surface area contributed by atoms with Crippen molar-refractivity contribution in [3.63, 3.8) is 0 Å². The van der Waals surface area contributed by atoms with E-state index in [1.807, 2.05) is 0 Å². The van der Waals surface area contributed by atoms with Gasteiger partial charge in [0.25, 0.3) is 23.2 Å². The van der Waals surface area contributed by atoms with Crippen LogP contribution in [0.4, 0.5) is 11.4 Å². The molecule has 3 aromatic carbocycles. The number of hydrogen-bond donors (Lipinski definition) is 2. The van der Waals surface area contributed by atoms with Crippen LogP contribution in [0.2, 0.25) is 0 Å². The molecular formula is C22H16N6O6. The lowest BCUT2D eigenvalue weighted by Gasteiger charge is -2.04. The summed E-state index contributed by atoms with van der Waals surface area (Å²) in [6, 6.07) is 18.7. The van der Waals surface area contributed by atoms with Crippen molar-refractivity contribution in [2.45, 2.75) is 0 Å². The van der Waals surface area contributed by atoms with Crippen LogP contribution in [0.1, 0.15) is 26.3 Å². The molecule has 0 heterocycles. The van der Waals surface area contributed by atoms with Gasteiger partial charge in [-0.3, -0.25) is 29.8 Å². The van der Waals surface area contributed by atoms with Crippen molar-refractivity contribution in [2.24, 2.45) is 10.2 Å². The van der Waals surface area contributed by atoms with Gasteiger partial charge in [-0.2, -0.15) is 10.2 Å². The first-order chi connectivity index (χ1) is 16.3. The van der Waals surface area contributed by atoms with Crippen LogP contribution >= 0.6 is 0 Å². The highest BCUT2D eigenvalue weighted by molar-refractivity contribution is 6.38. The van der Waals surface area contributed by atoms with Gasteiger partial charge >= 0.3 is 0 Å². The third-order valence-corrected chi connectivity index (χ3v) is 4.38. The summed E-state index contributed by atoms with van der Waals surface area (Å²) in [7, 11) is 0. The lowest BCUT2D eigenvalue weighted by atomic mass is 10.1. The molecule has 12 nitrogen and oxygen atoms in total. The van der Waals surface area contributed by atoms with Crippen LogP contribution < -0.4 is 10.9 Å². The number of carbonyl (C=O) groups excluding carboxylic acids is 2. The highest BCUT2D eigenvalue weighted by Crippen LogP contribution is 2.13. The Morgan fingerprint density at radius 3 is 1.62 bits per heavy atom. The molecule has 34 heavy (non-hydrogen) atoms. The van der Waals surface area contributed by atoms with E-state index in [0.717, 1.165) is 0 Å². The van der Waals surface area contributed by atoms with Gasteiger partial charge in [0, 0.05) is 41.0 Å². The molecule has 0 saturated carbocycles. The predicted octanol–water partition coefficient (Wildman–Crippen LogP) is 3.05. The number of nitro benzene ring substituents is 2. The number of nitrogens with zero attached hydrogens (tertiary/aromatic N) is 4. The molecule has 0 unspecified atom stereocenters. The standard InChI is InChI=1S/C22H16N6O6/c29-21(16-6-10-18(11-7-16)27(31)32)25-23-14-20(15-4-2-1-3-5-15)24-26-22(30)17-8-12-19(13-9-17)28(33)34/h1-14H,(H,25,29)(H,26,30)/b23-14+,24-20+. The quantitative estimate of drug-likeness (QED) is 0.297. The smallest absolute Gasteiger partial charge is 0.267 e. The van der Waals surface area contributed by atoms with Gasteiger partial charge in [-0.15, -0.1) is 0 Å². The maximum absolute atomic E-state index is 12.4. The molecule has 0 atom stereocenters. The molecule has 0 aliphatic heterocycles. The zero-order valence-electron chi connectivity index (χ0n) is 17.3. The molecule has 0 radical (unpaired) electrons. The van der Waals surface area contributed by atoms with E-state index in [0.29, 0.717) is 5.56 Å². The molecule has 2 N–H and O–H groups in total. The Labute approximate surface area is 191 Å². The fourth-order valence-corrected chi connectivity index (χ4v) is 2.64. The molecule has 0 spiro atoms. The largest absolute Gasteiger partial charge is 0.271 e. The van der Waals surface area contributed by atoms with Gasteiger partial charge in [0.15, 0.2) is 0 Å². The van der Waals surface area contributed by atoms with E-state index >= 15 is 0 Å². The Balaban J connectivity index is 1.73. The van der Waals surface area contributed by atoms with Crippen LogP contribution in [0.15, 0.2) is 89.1 Å². The minimum absolute atomic E-state index is 0.151. The number of nitro groups is 2. The van der Waals surface area contributed by atoms with E-state index in [1.165, 1.54) is 54.7 Å². The lowest BCUT2D eigenvalue weighted by Crippen LogP contribution is -2.22. The maximum atomic E-state index is 12.4. The molecule has 0 saturated heterocycles. The lowest BCUT2D eigenvalue weighted by molar-refractivity contribution is -0.385. The minimum Gasteiger partial charge on any atom is -0.267 e. The normalized spacial score (nSPS) is 11.1. The Morgan fingerprint density at radius 2 is 1.15 bits per heavy atom. The van der Waals surface area contributed by atoms with Crippen LogP contribution in [-0.4, -0.2) is 33.6 Å².